The molecule has 4 rings (SSSR count). The van der Waals surface area contributed by atoms with Gasteiger partial charge in [-0.2, -0.15) is 9.29 Å². The molecule has 7 nitrogen and oxygen atoms in total. The molecular formula is C22H24FN5O2S. The molecule has 0 bridgehead atoms. The number of nitrogens with one attached hydrogen (secondary N) is 1. The largest absolute Gasteiger partial charge is 0.340 e. The van der Waals surface area contributed by atoms with E-state index in [1.807, 2.05) is 49.1 Å². The molecule has 9 heteroatoms. The van der Waals surface area contributed by atoms with Crippen LogP contribution in [0.2, 0.25) is 0 Å². The number of rotatable bonds is 5. The van der Waals surface area contributed by atoms with Crippen molar-refractivity contribution in [2.45, 2.75) is 18.7 Å². The second-order valence-electron chi connectivity index (χ2n) is 7.53. The molecule has 2 heterocycles. The van der Waals surface area contributed by atoms with Crippen molar-refractivity contribution in [1.29, 1.82) is 0 Å². The third kappa shape index (κ3) is 4.83. The molecule has 31 heavy (non-hydrogen) atoms. The summed E-state index contributed by atoms with van der Waals surface area (Å²) in [6, 6.07) is 14.8. The number of aromatic nitrogens is 2. The van der Waals surface area contributed by atoms with E-state index in [2.05, 4.69) is 15.3 Å². The lowest BCUT2D eigenvalue weighted by Gasteiger charge is -2.34. The molecule has 0 unspecified atom stereocenters. The number of nitrogens with zero attached hydrogens (tertiary/aromatic N) is 4. The smallest absolute Gasteiger partial charge is 0.243 e. The molecule has 0 amide bonds. The molecule has 2 aromatic carbocycles. The fraction of sp³-hybridized carbons (Fsp3) is 0.273. The van der Waals surface area contributed by atoms with Gasteiger partial charge in [-0.05, 0) is 50.2 Å². The van der Waals surface area contributed by atoms with E-state index in [0.717, 1.165) is 23.5 Å². The summed E-state index contributed by atoms with van der Waals surface area (Å²) in [5.74, 6) is 0.788. The maximum absolute atomic E-state index is 13.1. The zero-order chi connectivity index (χ0) is 22.0. The zero-order valence-corrected chi connectivity index (χ0v) is 18.2. The summed E-state index contributed by atoms with van der Waals surface area (Å²) in [5, 5.41) is 3.30. The van der Waals surface area contributed by atoms with Crippen molar-refractivity contribution < 1.29 is 12.8 Å². The van der Waals surface area contributed by atoms with Crippen LogP contribution in [0, 0.1) is 19.7 Å². The summed E-state index contributed by atoms with van der Waals surface area (Å²) >= 11 is 0. The first-order chi connectivity index (χ1) is 14.8. The van der Waals surface area contributed by atoms with Gasteiger partial charge in [-0.25, -0.2) is 17.8 Å². The highest BCUT2D eigenvalue weighted by molar-refractivity contribution is 7.89. The second-order valence-corrected chi connectivity index (χ2v) is 9.47. The Bertz CT molecular complexity index is 1160. The SMILES string of the molecule is Cc1ccc(Nc2cc(C)nc(N3CCN(S(=O)(=O)c4ccc(F)cc4)CC3)n2)cc1. The number of anilines is 3. The van der Waals surface area contributed by atoms with Crippen LogP contribution in [0.15, 0.2) is 59.5 Å². The number of benzene rings is 2. The lowest BCUT2D eigenvalue weighted by Crippen LogP contribution is -2.49. The van der Waals surface area contributed by atoms with Crippen LogP contribution in [0.5, 0.6) is 0 Å². The Balaban J connectivity index is 1.46. The molecule has 162 valence electrons. The average molecular weight is 442 g/mol. The minimum atomic E-state index is -3.66. The van der Waals surface area contributed by atoms with Crippen molar-refractivity contribution in [2.75, 3.05) is 36.4 Å². The Labute approximate surface area is 181 Å². The highest BCUT2D eigenvalue weighted by Gasteiger charge is 2.29. The van der Waals surface area contributed by atoms with Gasteiger partial charge in [-0.15, -0.1) is 0 Å². The predicted molar refractivity (Wildman–Crippen MR) is 119 cm³/mol. The van der Waals surface area contributed by atoms with Crippen LogP contribution in [0.25, 0.3) is 0 Å². The van der Waals surface area contributed by atoms with E-state index in [1.54, 1.807) is 0 Å². The molecule has 1 fully saturated rings. The molecule has 1 aliphatic rings. The van der Waals surface area contributed by atoms with Crippen molar-refractivity contribution >= 4 is 27.5 Å². The second kappa shape index (κ2) is 8.60. The summed E-state index contributed by atoms with van der Waals surface area (Å²) in [5.41, 5.74) is 2.93. The standard InChI is InChI=1S/C22H24FN5O2S/c1-16-3-7-19(8-4-16)25-21-15-17(2)24-22(26-21)27-11-13-28(14-12-27)31(29,30)20-9-5-18(23)6-10-20/h3-10,15H,11-14H2,1-2H3,(H,24,25,26). The van der Waals surface area contributed by atoms with Crippen molar-refractivity contribution in [3.8, 4) is 0 Å². The minimum Gasteiger partial charge on any atom is -0.340 e. The van der Waals surface area contributed by atoms with Gasteiger partial charge < -0.3 is 10.2 Å². The molecule has 3 aromatic rings. The van der Waals surface area contributed by atoms with E-state index < -0.39 is 15.8 Å². The number of aryl methyl sites for hydroxylation is 2. The summed E-state index contributed by atoms with van der Waals surface area (Å²) in [6.45, 7) is 5.48. The van der Waals surface area contributed by atoms with E-state index in [0.29, 0.717) is 37.9 Å². The lowest BCUT2D eigenvalue weighted by molar-refractivity contribution is 0.382. The summed E-state index contributed by atoms with van der Waals surface area (Å²) in [4.78, 5) is 11.2. The third-order valence-electron chi connectivity index (χ3n) is 5.14. The number of hydrogen-bond donors (Lipinski definition) is 1. The van der Waals surface area contributed by atoms with E-state index >= 15 is 0 Å². The summed E-state index contributed by atoms with van der Waals surface area (Å²) in [7, 11) is -3.66. The molecule has 0 saturated carbocycles. The molecule has 1 saturated heterocycles. The van der Waals surface area contributed by atoms with Gasteiger partial charge in [-0.1, -0.05) is 17.7 Å². The van der Waals surface area contributed by atoms with Crippen LogP contribution < -0.4 is 10.2 Å². The first-order valence-electron chi connectivity index (χ1n) is 10.0. The van der Waals surface area contributed by atoms with Gasteiger partial charge in [0.1, 0.15) is 11.6 Å². The van der Waals surface area contributed by atoms with Crippen molar-refractivity contribution in [3.05, 3.63) is 71.7 Å². The number of sulfonamides is 1. The van der Waals surface area contributed by atoms with Gasteiger partial charge in [0, 0.05) is 43.6 Å². The fourth-order valence-corrected chi connectivity index (χ4v) is 4.85. The highest BCUT2D eigenvalue weighted by Crippen LogP contribution is 2.22. The van der Waals surface area contributed by atoms with Gasteiger partial charge in [0.05, 0.1) is 4.90 Å². The van der Waals surface area contributed by atoms with Crippen LogP contribution in [0.3, 0.4) is 0 Å². The molecule has 1 aliphatic heterocycles. The topological polar surface area (TPSA) is 78.4 Å². The molecule has 0 spiro atoms. The average Bonchev–Trinajstić information content (AvgIpc) is 2.75. The fourth-order valence-electron chi connectivity index (χ4n) is 3.43. The zero-order valence-electron chi connectivity index (χ0n) is 17.4. The molecule has 0 atom stereocenters. The Hall–Kier alpha value is -3.04. The quantitative estimate of drug-likeness (QED) is 0.653. The van der Waals surface area contributed by atoms with Gasteiger partial charge in [0.15, 0.2) is 0 Å². The van der Waals surface area contributed by atoms with E-state index in [1.165, 1.54) is 22.0 Å². The van der Waals surface area contributed by atoms with Crippen LogP contribution in [0.1, 0.15) is 11.3 Å². The Morgan fingerprint density at radius 2 is 1.55 bits per heavy atom. The van der Waals surface area contributed by atoms with Gasteiger partial charge in [-0.3, -0.25) is 0 Å². The third-order valence-corrected chi connectivity index (χ3v) is 7.05. The maximum Gasteiger partial charge on any atom is 0.243 e. The van der Waals surface area contributed by atoms with Gasteiger partial charge in [0.25, 0.3) is 0 Å². The first-order valence-corrected chi connectivity index (χ1v) is 11.5. The lowest BCUT2D eigenvalue weighted by atomic mass is 10.2. The summed E-state index contributed by atoms with van der Waals surface area (Å²) < 4.78 is 40.2. The molecular weight excluding hydrogens is 417 g/mol. The number of halogens is 1. The minimum absolute atomic E-state index is 0.0961. The number of piperazine rings is 1. The monoisotopic (exact) mass is 441 g/mol. The van der Waals surface area contributed by atoms with E-state index in [9.17, 15) is 12.8 Å². The van der Waals surface area contributed by atoms with Crippen LogP contribution >= 0.6 is 0 Å². The Morgan fingerprint density at radius 3 is 2.19 bits per heavy atom. The van der Waals surface area contributed by atoms with Crippen molar-refractivity contribution in [2.24, 2.45) is 0 Å². The predicted octanol–water partition coefficient (Wildman–Crippen LogP) is 3.49. The van der Waals surface area contributed by atoms with E-state index in [-0.39, 0.29) is 4.90 Å². The molecule has 1 N–H and O–H groups in total. The van der Waals surface area contributed by atoms with Crippen molar-refractivity contribution in [1.82, 2.24) is 14.3 Å². The van der Waals surface area contributed by atoms with Crippen molar-refractivity contribution in [3.63, 3.8) is 0 Å². The maximum atomic E-state index is 13.1. The van der Waals surface area contributed by atoms with Gasteiger partial charge in [0.2, 0.25) is 16.0 Å². The van der Waals surface area contributed by atoms with Crippen LogP contribution in [-0.2, 0) is 10.0 Å². The summed E-state index contributed by atoms with van der Waals surface area (Å²) in [6.07, 6.45) is 0. The molecule has 1 aromatic heterocycles. The van der Waals surface area contributed by atoms with Gasteiger partial charge >= 0.3 is 0 Å². The highest BCUT2D eigenvalue weighted by atomic mass is 32.2. The normalized spacial score (nSPS) is 15.1. The Morgan fingerprint density at radius 1 is 0.903 bits per heavy atom. The molecule has 0 radical (unpaired) electrons. The molecule has 0 aliphatic carbocycles. The first kappa shape index (κ1) is 21.2. The van der Waals surface area contributed by atoms with Crippen LogP contribution in [0.4, 0.5) is 21.8 Å². The van der Waals surface area contributed by atoms with E-state index in [4.69, 9.17) is 0 Å². The van der Waals surface area contributed by atoms with Crippen LogP contribution in [-0.4, -0.2) is 48.9 Å². The Kier molecular flexibility index (Phi) is 5.88. The number of hydrogen-bond acceptors (Lipinski definition) is 6.